The van der Waals surface area contributed by atoms with Gasteiger partial charge in [0.05, 0.1) is 17.1 Å². The third kappa shape index (κ3) is 4.16. The standard InChI is InChI=1S/C18H22N4O6/c1-10(2)28-16(23)14-11(3)19-17(24)21(18(25)20(4)5)15(14)12-7-6-8-13(9-12)22(26)27/h6-10,14-15H,1-5H3. The molecule has 150 valence electrons. The van der Waals surface area contributed by atoms with E-state index < -0.39 is 41.0 Å². The molecule has 10 nitrogen and oxygen atoms in total. The Morgan fingerprint density at radius 1 is 1.32 bits per heavy atom. The number of amides is 4. The average Bonchev–Trinajstić information content (AvgIpc) is 2.59. The maximum absolute atomic E-state index is 12.8. The van der Waals surface area contributed by atoms with Crippen molar-refractivity contribution in [3.8, 4) is 0 Å². The molecule has 1 aromatic carbocycles. The molecule has 2 atom stereocenters. The molecule has 1 aromatic rings. The Kier molecular flexibility index (Phi) is 6.12. The molecule has 0 fully saturated rings. The van der Waals surface area contributed by atoms with Crippen LogP contribution in [0.25, 0.3) is 0 Å². The average molecular weight is 390 g/mol. The minimum Gasteiger partial charge on any atom is -0.462 e. The summed E-state index contributed by atoms with van der Waals surface area (Å²) in [5.41, 5.74) is 0.214. The number of esters is 1. The van der Waals surface area contributed by atoms with Gasteiger partial charge in [-0.15, -0.1) is 0 Å². The Labute approximate surface area is 161 Å². The topological polar surface area (TPSA) is 122 Å². The maximum Gasteiger partial charge on any atom is 0.352 e. The van der Waals surface area contributed by atoms with Crippen LogP contribution in [0.1, 0.15) is 32.4 Å². The fraction of sp³-hybridized carbons (Fsp3) is 0.444. The molecule has 0 aromatic heterocycles. The summed E-state index contributed by atoms with van der Waals surface area (Å²) in [5, 5.41) is 11.2. The minimum atomic E-state index is -1.12. The molecule has 0 aliphatic carbocycles. The number of nitrogens with zero attached hydrogens (tertiary/aromatic N) is 4. The summed E-state index contributed by atoms with van der Waals surface area (Å²) in [6.07, 6.45) is -0.429. The van der Waals surface area contributed by atoms with E-state index in [9.17, 15) is 24.5 Å². The second kappa shape index (κ2) is 8.15. The summed E-state index contributed by atoms with van der Waals surface area (Å²) in [6.45, 7) is 4.83. The van der Waals surface area contributed by atoms with E-state index in [1.54, 1.807) is 13.8 Å². The summed E-state index contributed by atoms with van der Waals surface area (Å²) in [5.74, 6) is -1.75. The predicted octanol–water partition coefficient (Wildman–Crippen LogP) is 2.78. The zero-order valence-corrected chi connectivity index (χ0v) is 16.3. The van der Waals surface area contributed by atoms with Gasteiger partial charge in [-0.2, -0.15) is 0 Å². The highest BCUT2D eigenvalue weighted by Crippen LogP contribution is 2.37. The second-order valence-corrected chi connectivity index (χ2v) is 6.84. The van der Waals surface area contributed by atoms with Crippen LogP contribution in [-0.4, -0.2) is 58.7 Å². The number of urea groups is 2. The molecular weight excluding hydrogens is 368 g/mol. The summed E-state index contributed by atoms with van der Waals surface area (Å²) in [6, 6.07) is 2.82. The minimum absolute atomic E-state index is 0.176. The molecule has 0 saturated carbocycles. The van der Waals surface area contributed by atoms with Gasteiger partial charge in [-0.1, -0.05) is 12.1 Å². The first kappa shape index (κ1) is 21.0. The van der Waals surface area contributed by atoms with Gasteiger partial charge in [-0.3, -0.25) is 14.9 Å². The van der Waals surface area contributed by atoms with Crippen molar-refractivity contribution in [2.24, 2.45) is 10.9 Å². The number of nitro benzene ring substituents is 1. The van der Waals surface area contributed by atoms with Gasteiger partial charge in [-0.05, 0) is 26.3 Å². The van der Waals surface area contributed by atoms with Crippen molar-refractivity contribution in [1.29, 1.82) is 0 Å². The number of nitro groups is 1. The van der Waals surface area contributed by atoms with E-state index in [0.29, 0.717) is 0 Å². The Morgan fingerprint density at radius 3 is 2.50 bits per heavy atom. The molecular formula is C18H22N4O6. The number of hydrogen-bond acceptors (Lipinski definition) is 6. The number of ether oxygens (including phenoxy) is 1. The molecule has 1 aliphatic heterocycles. The van der Waals surface area contributed by atoms with Crippen LogP contribution < -0.4 is 0 Å². The number of hydrogen-bond donors (Lipinski definition) is 0. The summed E-state index contributed by atoms with van der Waals surface area (Å²) in [4.78, 5) is 54.4. The van der Waals surface area contributed by atoms with Crippen molar-refractivity contribution in [3.63, 3.8) is 0 Å². The summed E-state index contributed by atoms with van der Waals surface area (Å²) >= 11 is 0. The van der Waals surface area contributed by atoms with Crippen molar-refractivity contribution in [2.45, 2.75) is 32.9 Å². The molecule has 1 aliphatic rings. The van der Waals surface area contributed by atoms with E-state index >= 15 is 0 Å². The van der Waals surface area contributed by atoms with E-state index in [0.717, 1.165) is 4.90 Å². The number of non-ortho nitro benzene ring substituents is 1. The third-order valence-electron chi connectivity index (χ3n) is 4.14. The van der Waals surface area contributed by atoms with Gasteiger partial charge in [0.25, 0.3) is 5.69 Å². The quantitative estimate of drug-likeness (QED) is 0.442. The lowest BCUT2D eigenvalue weighted by Crippen LogP contribution is -2.52. The highest BCUT2D eigenvalue weighted by Gasteiger charge is 2.46. The zero-order chi connectivity index (χ0) is 21.2. The third-order valence-corrected chi connectivity index (χ3v) is 4.14. The molecule has 0 N–H and O–H groups in total. The fourth-order valence-electron chi connectivity index (χ4n) is 2.96. The van der Waals surface area contributed by atoms with Crippen molar-refractivity contribution < 1.29 is 24.0 Å². The SMILES string of the molecule is CC1=NC(=O)N(C(=O)N(C)C)C(c2cccc([N+](=O)[O-])c2)C1C(=O)OC(C)C. The number of carbonyl (C=O) groups is 3. The normalized spacial score (nSPS) is 19.3. The van der Waals surface area contributed by atoms with E-state index in [4.69, 9.17) is 4.74 Å². The van der Waals surface area contributed by atoms with Crippen molar-refractivity contribution in [3.05, 3.63) is 39.9 Å². The zero-order valence-electron chi connectivity index (χ0n) is 16.3. The first-order valence-electron chi connectivity index (χ1n) is 8.59. The van der Waals surface area contributed by atoms with Crippen LogP contribution in [0, 0.1) is 16.0 Å². The molecule has 2 rings (SSSR count). The molecule has 1 heterocycles. The predicted molar refractivity (Wildman–Crippen MR) is 100.0 cm³/mol. The van der Waals surface area contributed by atoms with Gasteiger partial charge in [-0.25, -0.2) is 19.5 Å². The van der Waals surface area contributed by atoms with Gasteiger partial charge < -0.3 is 9.64 Å². The first-order valence-corrected chi connectivity index (χ1v) is 8.59. The maximum atomic E-state index is 12.8. The number of rotatable bonds is 4. The monoisotopic (exact) mass is 390 g/mol. The smallest absolute Gasteiger partial charge is 0.352 e. The molecule has 0 bridgehead atoms. The van der Waals surface area contributed by atoms with Gasteiger partial charge in [0.15, 0.2) is 0 Å². The van der Waals surface area contributed by atoms with Gasteiger partial charge >= 0.3 is 18.0 Å². The van der Waals surface area contributed by atoms with E-state index in [1.165, 1.54) is 50.2 Å². The summed E-state index contributed by atoms with van der Waals surface area (Å²) < 4.78 is 5.30. The summed E-state index contributed by atoms with van der Waals surface area (Å²) in [7, 11) is 2.90. The molecule has 28 heavy (non-hydrogen) atoms. The van der Waals surface area contributed by atoms with E-state index in [2.05, 4.69) is 4.99 Å². The molecule has 10 heteroatoms. The van der Waals surface area contributed by atoms with Gasteiger partial charge in [0.2, 0.25) is 0 Å². The number of benzene rings is 1. The van der Waals surface area contributed by atoms with Crippen LogP contribution >= 0.6 is 0 Å². The number of imide groups is 1. The lowest BCUT2D eigenvalue weighted by atomic mass is 9.86. The number of aliphatic imine (C=N–C) groups is 1. The van der Waals surface area contributed by atoms with Gasteiger partial charge in [0.1, 0.15) is 5.92 Å². The Balaban J connectivity index is 2.67. The van der Waals surface area contributed by atoms with Crippen LogP contribution in [0.5, 0.6) is 0 Å². The second-order valence-electron chi connectivity index (χ2n) is 6.84. The van der Waals surface area contributed by atoms with Crippen molar-refractivity contribution in [1.82, 2.24) is 9.80 Å². The lowest BCUT2D eigenvalue weighted by molar-refractivity contribution is -0.385. The molecule has 0 saturated heterocycles. The number of carbonyl (C=O) groups excluding carboxylic acids is 3. The lowest BCUT2D eigenvalue weighted by Gasteiger charge is -2.38. The fourth-order valence-corrected chi connectivity index (χ4v) is 2.96. The molecule has 0 spiro atoms. The van der Waals surface area contributed by atoms with Crippen LogP contribution in [0.3, 0.4) is 0 Å². The highest BCUT2D eigenvalue weighted by molar-refractivity contribution is 6.11. The Hall–Kier alpha value is -3.30. The van der Waals surface area contributed by atoms with Crippen LogP contribution in [0.15, 0.2) is 29.3 Å². The molecule has 2 unspecified atom stereocenters. The Bertz CT molecular complexity index is 848. The largest absolute Gasteiger partial charge is 0.462 e. The van der Waals surface area contributed by atoms with Crippen molar-refractivity contribution >= 4 is 29.4 Å². The molecule has 4 amide bonds. The van der Waals surface area contributed by atoms with Crippen LogP contribution in [0.4, 0.5) is 15.3 Å². The van der Waals surface area contributed by atoms with Crippen molar-refractivity contribution in [2.75, 3.05) is 14.1 Å². The molecule has 0 radical (unpaired) electrons. The van der Waals surface area contributed by atoms with Crippen LogP contribution in [-0.2, 0) is 9.53 Å². The highest BCUT2D eigenvalue weighted by atomic mass is 16.6. The van der Waals surface area contributed by atoms with Gasteiger partial charge in [0, 0.05) is 31.9 Å². The first-order chi connectivity index (χ1) is 13.0. The van der Waals surface area contributed by atoms with Crippen LogP contribution in [0.2, 0.25) is 0 Å². The Morgan fingerprint density at radius 2 is 1.96 bits per heavy atom. The van der Waals surface area contributed by atoms with E-state index in [-0.39, 0.29) is 17.0 Å². The van der Waals surface area contributed by atoms with E-state index in [1.807, 2.05) is 0 Å².